The minimum atomic E-state index is -4.49. The molecule has 7 heteroatoms. The summed E-state index contributed by atoms with van der Waals surface area (Å²) in [6.45, 7) is 4.38. The lowest BCUT2D eigenvalue weighted by Gasteiger charge is -2.58. The number of hydrogen-bond donors (Lipinski definition) is 1. The van der Waals surface area contributed by atoms with Crippen molar-refractivity contribution in [2.75, 3.05) is 13.2 Å². The molecule has 0 radical (unpaired) electrons. The van der Waals surface area contributed by atoms with Crippen LogP contribution in [0.5, 0.6) is 0 Å². The van der Waals surface area contributed by atoms with Crippen molar-refractivity contribution < 1.29 is 22.7 Å². The molecule has 0 spiro atoms. The van der Waals surface area contributed by atoms with Gasteiger partial charge >= 0.3 is 6.18 Å². The van der Waals surface area contributed by atoms with E-state index in [2.05, 4.69) is 0 Å². The van der Waals surface area contributed by atoms with E-state index in [1.165, 1.54) is 0 Å². The van der Waals surface area contributed by atoms with Crippen LogP contribution in [0.15, 0.2) is 30.3 Å². The van der Waals surface area contributed by atoms with Crippen LogP contribution in [0.3, 0.4) is 0 Å². The summed E-state index contributed by atoms with van der Waals surface area (Å²) < 4.78 is 44.6. The molecule has 1 aromatic rings. The van der Waals surface area contributed by atoms with E-state index in [1.807, 2.05) is 6.92 Å². The highest BCUT2D eigenvalue weighted by atomic mass is 19.4. The van der Waals surface area contributed by atoms with E-state index in [0.29, 0.717) is 12.2 Å². The maximum absolute atomic E-state index is 13.0. The van der Waals surface area contributed by atoms with Crippen molar-refractivity contribution >= 4 is 5.91 Å². The maximum atomic E-state index is 13.0. The summed E-state index contributed by atoms with van der Waals surface area (Å²) in [6.07, 6.45) is -4.51. The third kappa shape index (κ3) is 3.98. The Hall–Kier alpha value is -1.60. The lowest BCUT2D eigenvalue weighted by Crippen LogP contribution is -2.76. The Balaban J connectivity index is 2.23. The second kappa shape index (κ2) is 6.96. The normalized spacial score (nSPS) is 25.3. The molecule has 25 heavy (non-hydrogen) atoms. The third-order valence-electron chi connectivity index (χ3n) is 5.09. The van der Waals surface area contributed by atoms with Gasteiger partial charge in [0.15, 0.2) is 0 Å². The van der Waals surface area contributed by atoms with E-state index in [4.69, 9.17) is 10.5 Å². The lowest BCUT2D eigenvalue weighted by molar-refractivity contribution is -0.191. The predicted octanol–water partition coefficient (Wildman–Crippen LogP) is 3.11. The third-order valence-corrected chi connectivity index (χ3v) is 5.09. The molecule has 4 nitrogen and oxygen atoms in total. The van der Waals surface area contributed by atoms with E-state index < -0.39 is 29.6 Å². The van der Waals surface area contributed by atoms with Crippen molar-refractivity contribution in [1.82, 2.24) is 4.90 Å². The molecule has 0 saturated heterocycles. The monoisotopic (exact) mass is 358 g/mol. The molecule has 0 heterocycles. The Labute approximate surface area is 146 Å². The first-order valence-electron chi connectivity index (χ1n) is 8.32. The van der Waals surface area contributed by atoms with Crippen LogP contribution >= 0.6 is 0 Å². The van der Waals surface area contributed by atoms with Crippen LogP contribution < -0.4 is 5.73 Å². The van der Waals surface area contributed by atoms with Gasteiger partial charge in [0.05, 0.1) is 6.10 Å². The molecule has 0 aromatic heterocycles. The van der Waals surface area contributed by atoms with Crippen LogP contribution in [-0.2, 0) is 16.1 Å². The first kappa shape index (κ1) is 19.7. The van der Waals surface area contributed by atoms with Gasteiger partial charge in [-0.1, -0.05) is 44.2 Å². The summed E-state index contributed by atoms with van der Waals surface area (Å²) in [6, 6.07) is 8.60. The number of hydrogen-bond acceptors (Lipinski definition) is 3. The Kier molecular flexibility index (Phi) is 5.49. The average Bonchev–Trinajstić information content (AvgIpc) is 2.53. The largest absolute Gasteiger partial charge is 0.406 e. The van der Waals surface area contributed by atoms with Crippen molar-refractivity contribution in [2.45, 2.75) is 51.6 Å². The molecular weight excluding hydrogens is 333 g/mol. The van der Waals surface area contributed by atoms with Gasteiger partial charge in [0, 0.05) is 25.0 Å². The number of nitrogens with two attached hydrogens (primary N) is 1. The van der Waals surface area contributed by atoms with Gasteiger partial charge in [-0.25, -0.2) is 0 Å². The number of carbonyl (C=O) groups is 1. The Morgan fingerprint density at radius 2 is 1.92 bits per heavy atom. The van der Waals surface area contributed by atoms with Gasteiger partial charge in [-0.3, -0.25) is 4.79 Å². The van der Waals surface area contributed by atoms with E-state index in [0.717, 1.165) is 4.90 Å². The van der Waals surface area contributed by atoms with Crippen molar-refractivity contribution in [1.29, 1.82) is 0 Å². The number of nitrogens with zero attached hydrogens (tertiary/aromatic N) is 1. The molecule has 1 aromatic carbocycles. The minimum Gasteiger partial charge on any atom is -0.378 e. The predicted molar refractivity (Wildman–Crippen MR) is 88.6 cm³/mol. The molecule has 2 N–H and O–H groups in total. The number of carbonyl (C=O) groups excluding carboxylic acids is 1. The van der Waals surface area contributed by atoms with Gasteiger partial charge in [-0.05, 0) is 12.5 Å². The standard InChI is InChI=1S/C18H25F3N2O2/c1-4-25-14-10-17(22,16(14,2)3)15(24)23(12-18(19,20)21)11-13-8-6-5-7-9-13/h5-9,14H,4,10-12,22H2,1-3H3. The zero-order valence-corrected chi connectivity index (χ0v) is 14.8. The van der Waals surface area contributed by atoms with E-state index in [9.17, 15) is 18.0 Å². The molecule has 1 amide bonds. The van der Waals surface area contributed by atoms with Crippen molar-refractivity contribution in [3.05, 3.63) is 35.9 Å². The second-order valence-electron chi connectivity index (χ2n) is 7.10. The number of ether oxygens (including phenoxy) is 1. The highest BCUT2D eigenvalue weighted by Crippen LogP contribution is 2.50. The van der Waals surface area contributed by atoms with Gasteiger partial charge in [0.1, 0.15) is 12.1 Å². The topological polar surface area (TPSA) is 55.6 Å². The van der Waals surface area contributed by atoms with Gasteiger partial charge in [-0.2, -0.15) is 13.2 Å². The SMILES string of the molecule is CCOC1CC(N)(C(=O)N(Cc2ccccc2)CC(F)(F)F)C1(C)C. The summed E-state index contributed by atoms with van der Waals surface area (Å²) in [5.74, 6) is -0.686. The summed E-state index contributed by atoms with van der Waals surface area (Å²) in [4.78, 5) is 13.7. The molecule has 2 rings (SSSR count). The van der Waals surface area contributed by atoms with Crippen LogP contribution in [0.4, 0.5) is 13.2 Å². The Bertz CT molecular complexity index is 604. The van der Waals surface area contributed by atoms with Gasteiger partial charge in [0.2, 0.25) is 5.91 Å². The zero-order chi connectivity index (χ0) is 18.9. The fourth-order valence-electron chi connectivity index (χ4n) is 3.30. The smallest absolute Gasteiger partial charge is 0.378 e. The van der Waals surface area contributed by atoms with Crippen LogP contribution in [0.25, 0.3) is 0 Å². The van der Waals surface area contributed by atoms with Crippen molar-refractivity contribution in [3.63, 3.8) is 0 Å². The molecule has 2 atom stereocenters. The highest BCUT2D eigenvalue weighted by molar-refractivity contribution is 5.89. The van der Waals surface area contributed by atoms with E-state index in [-0.39, 0.29) is 19.1 Å². The summed E-state index contributed by atoms with van der Waals surface area (Å²) in [7, 11) is 0. The number of halogens is 3. The zero-order valence-electron chi connectivity index (χ0n) is 14.8. The molecule has 1 saturated carbocycles. The van der Waals surface area contributed by atoms with Crippen molar-refractivity contribution in [2.24, 2.45) is 11.1 Å². The minimum absolute atomic E-state index is 0.131. The van der Waals surface area contributed by atoms with Crippen molar-refractivity contribution in [3.8, 4) is 0 Å². The molecule has 0 aliphatic heterocycles. The number of amides is 1. The highest BCUT2D eigenvalue weighted by Gasteiger charge is 2.64. The van der Waals surface area contributed by atoms with Crippen LogP contribution in [0, 0.1) is 5.41 Å². The first-order chi connectivity index (χ1) is 11.5. The van der Waals surface area contributed by atoms with E-state index >= 15 is 0 Å². The summed E-state index contributed by atoms with van der Waals surface area (Å²) >= 11 is 0. The first-order valence-corrected chi connectivity index (χ1v) is 8.32. The fourth-order valence-corrected chi connectivity index (χ4v) is 3.30. The second-order valence-corrected chi connectivity index (χ2v) is 7.10. The Morgan fingerprint density at radius 1 is 1.32 bits per heavy atom. The number of benzene rings is 1. The fraction of sp³-hybridized carbons (Fsp3) is 0.611. The van der Waals surface area contributed by atoms with Crippen LogP contribution in [0.1, 0.15) is 32.8 Å². The molecule has 1 aliphatic carbocycles. The molecule has 1 fully saturated rings. The maximum Gasteiger partial charge on any atom is 0.406 e. The van der Waals surface area contributed by atoms with Gasteiger partial charge in [0.25, 0.3) is 0 Å². The van der Waals surface area contributed by atoms with Crippen LogP contribution in [0.2, 0.25) is 0 Å². The molecule has 1 aliphatic rings. The molecule has 140 valence electrons. The quantitative estimate of drug-likeness (QED) is 0.850. The molecular formula is C18H25F3N2O2. The molecule has 2 unspecified atom stereocenters. The number of rotatable bonds is 6. The average molecular weight is 358 g/mol. The van der Waals surface area contributed by atoms with E-state index in [1.54, 1.807) is 44.2 Å². The van der Waals surface area contributed by atoms with Gasteiger partial charge < -0.3 is 15.4 Å². The summed E-state index contributed by atoms with van der Waals surface area (Å²) in [5.41, 5.74) is 4.80. The lowest BCUT2D eigenvalue weighted by atomic mass is 9.54. The molecule has 0 bridgehead atoms. The summed E-state index contributed by atoms with van der Waals surface area (Å²) in [5, 5.41) is 0. The van der Waals surface area contributed by atoms with Crippen LogP contribution in [-0.4, -0.2) is 41.8 Å². The number of alkyl halides is 3. The Morgan fingerprint density at radius 3 is 2.40 bits per heavy atom. The van der Waals surface area contributed by atoms with Gasteiger partial charge in [-0.15, -0.1) is 0 Å².